The molecule has 0 aliphatic heterocycles. The second-order valence-corrected chi connectivity index (χ2v) is 5.59. The molecule has 2 rings (SSSR count). The van der Waals surface area contributed by atoms with Gasteiger partial charge in [0, 0.05) is 6.04 Å². The number of phenolic OH excluding ortho intramolecular Hbond substituents is 1. The van der Waals surface area contributed by atoms with Gasteiger partial charge < -0.3 is 10.4 Å². The zero-order valence-corrected chi connectivity index (χ0v) is 10.4. The Balaban J connectivity index is 2.01. The second-order valence-electron chi connectivity index (χ2n) is 5.59. The first-order valence-electron chi connectivity index (χ1n) is 6.07. The van der Waals surface area contributed by atoms with Crippen LogP contribution >= 0.6 is 0 Å². The zero-order valence-electron chi connectivity index (χ0n) is 10.4. The van der Waals surface area contributed by atoms with E-state index in [-0.39, 0.29) is 17.7 Å². The molecule has 1 unspecified atom stereocenters. The Labute approximate surface area is 102 Å². The molecule has 2 N–H and O–H groups in total. The number of rotatable bonds is 2. The number of carbonyl (C=O) groups is 1. The van der Waals surface area contributed by atoms with Crippen LogP contribution in [0, 0.1) is 5.41 Å². The van der Waals surface area contributed by atoms with Crippen molar-refractivity contribution in [1.29, 1.82) is 0 Å². The van der Waals surface area contributed by atoms with Crippen molar-refractivity contribution >= 4 is 5.91 Å². The normalized spacial score (nSPS) is 22.4. The van der Waals surface area contributed by atoms with Crippen LogP contribution in [-0.2, 0) is 0 Å². The lowest BCUT2D eigenvalue weighted by atomic mass is 9.92. The maximum atomic E-state index is 12.0. The lowest BCUT2D eigenvalue weighted by molar-refractivity contribution is 0.0933. The number of phenols is 1. The van der Waals surface area contributed by atoms with Gasteiger partial charge in [0.1, 0.15) is 5.75 Å². The Bertz CT molecular complexity index is 426. The summed E-state index contributed by atoms with van der Waals surface area (Å²) in [4.78, 5) is 12.0. The summed E-state index contributed by atoms with van der Waals surface area (Å²) in [6, 6.07) is 6.88. The molecule has 1 amide bonds. The molecular weight excluding hydrogens is 214 g/mol. The standard InChI is InChI=1S/C14H19NO2/c1-14(2)8-7-10(9-14)15-13(17)11-5-3-4-6-12(11)16/h3-6,10,16H,7-9H2,1-2H3,(H,15,17). The van der Waals surface area contributed by atoms with Gasteiger partial charge in [-0.2, -0.15) is 0 Å². The lowest BCUT2D eigenvalue weighted by Gasteiger charge is -2.18. The Kier molecular flexibility index (Phi) is 3.09. The number of hydrogen-bond donors (Lipinski definition) is 2. The predicted octanol–water partition coefficient (Wildman–Crippen LogP) is 2.70. The van der Waals surface area contributed by atoms with Gasteiger partial charge in [-0.15, -0.1) is 0 Å². The summed E-state index contributed by atoms with van der Waals surface area (Å²) in [5.41, 5.74) is 0.675. The minimum absolute atomic E-state index is 0.0438. The SMILES string of the molecule is CC1(C)CCC(NC(=O)c2ccccc2O)C1. The summed E-state index contributed by atoms with van der Waals surface area (Å²) in [6.45, 7) is 4.44. The van der Waals surface area contributed by atoms with Gasteiger partial charge in [0.15, 0.2) is 0 Å². The molecule has 1 aromatic carbocycles. The van der Waals surface area contributed by atoms with E-state index >= 15 is 0 Å². The van der Waals surface area contributed by atoms with Gasteiger partial charge in [-0.1, -0.05) is 26.0 Å². The molecular formula is C14H19NO2. The van der Waals surface area contributed by atoms with Gasteiger partial charge in [0.25, 0.3) is 5.91 Å². The van der Waals surface area contributed by atoms with Crippen molar-refractivity contribution in [2.24, 2.45) is 5.41 Å². The Morgan fingerprint density at radius 3 is 2.71 bits per heavy atom. The lowest BCUT2D eigenvalue weighted by Crippen LogP contribution is -2.33. The van der Waals surface area contributed by atoms with Gasteiger partial charge in [-0.05, 0) is 36.8 Å². The number of nitrogens with one attached hydrogen (secondary N) is 1. The van der Waals surface area contributed by atoms with Crippen LogP contribution in [0.1, 0.15) is 43.5 Å². The summed E-state index contributed by atoms with van der Waals surface area (Å²) in [6.07, 6.45) is 3.16. The van der Waals surface area contributed by atoms with Gasteiger partial charge in [0.2, 0.25) is 0 Å². The van der Waals surface area contributed by atoms with E-state index in [1.54, 1.807) is 18.2 Å². The van der Waals surface area contributed by atoms with Crippen molar-refractivity contribution in [3.63, 3.8) is 0 Å². The van der Waals surface area contributed by atoms with E-state index < -0.39 is 0 Å². The number of benzene rings is 1. The number of aromatic hydroxyl groups is 1. The quantitative estimate of drug-likeness (QED) is 0.825. The molecule has 0 aromatic heterocycles. The van der Waals surface area contributed by atoms with Crippen LogP contribution in [0.4, 0.5) is 0 Å². The predicted molar refractivity (Wildman–Crippen MR) is 67.0 cm³/mol. The summed E-state index contributed by atoms with van der Waals surface area (Å²) in [7, 11) is 0. The smallest absolute Gasteiger partial charge is 0.255 e. The molecule has 1 saturated carbocycles. The van der Waals surface area contributed by atoms with Gasteiger partial charge in [-0.25, -0.2) is 0 Å². The van der Waals surface area contributed by atoms with E-state index in [9.17, 15) is 9.90 Å². The van der Waals surface area contributed by atoms with Crippen molar-refractivity contribution in [3.05, 3.63) is 29.8 Å². The highest BCUT2D eigenvalue weighted by Gasteiger charge is 2.31. The summed E-state index contributed by atoms with van der Waals surface area (Å²) in [5, 5.41) is 12.6. The third-order valence-electron chi connectivity index (χ3n) is 3.45. The fourth-order valence-corrected chi connectivity index (χ4v) is 2.49. The molecule has 92 valence electrons. The molecule has 3 nitrogen and oxygen atoms in total. The topological polar surface area (TPSA) is 49.3 Å². The molecule has 0 spiro atoms. The molecule has 0 bridgehead atoms. The third kappa shape index (κ3) is 2.78. The van der Waals surface area contributed by atoms with Crippen LogP contribution < -0.4 is 5.32 Å². The van der Waals surface area contributed by atoms with Gasteiger partial charge >= 0.3 is 0 Å². The zero-order chi connectivity index (χ0) is 12.5. The highest BCUT2D eigenvalue weighted by Crippen LogP contribution is 2.37. The first-order valence-corrected chi connectivity index (χ1v) is 6.07. The summed E-state index contributed by atoms with van der Waals surface area (Å²) >= 11 is 0. The Morgan fingerprint density at radius 1 is 1.41 bits per heavy atom. The molecule has 3 heteroatoms. The number of hydrogen-bond acceptors (Lipinski definition) is 2. The molecule has 1 aliphatic rings. The molecule has 0 saturated heterocycles. The molecule has 0 radical (unpaired) electrons. The van der Waals surface area contributed by atoms with Crippen molar-refractivity contribution in [3.8, 4) is 5.75 Å². The van der Waals surface area contributed by atoms with E-state index in [1.807, 2.05) is 0 Å². The van der Waals surface area contributed by atoms with Gasteiger partial charge in [0.05, 0.1) is 5.56 Å². The largest absolute Gasteiger partial charge is 0.507 e. The maximum Gasteiger partial charge on any atom is 0.255 e. The van der Waals surface area contributed by atoms with E-state index in [1.165, 1.54) is 6.07 Å². The van der Waals surface area contributed by atoms with Gasteiger partial charge in [-0.3, -0.25) is 4.79 Å². The van der Waals surface area contributed by atoms with E-state index in [2.05, 4.69) is 19.2 Å². The van der Waals surface area contributed by atoms with Crippen LogP contribution in [-0.4, -0.2) is 17.1 Å². The summed E-state index contributed by atoms with van der Waals surface area (Å²) in [5.74, 6) is -0.131. The molecule has 17 heavy (non-hydrogen) atoms. The number of carbonyl (C=O) groups excluding carboxylic acids is 1. The van der Waals surface area contributed by atoms with Crippen LogP contribution in [0.15, 0.2) is 24.3 Å². The second kappa shape index (κ2) is 4.40. The molecule has 1 fully saturated rings. The van der Waals surface area contributed by atoms with Crippen molar-refractivity contribution < 1.29 is 9.90 Å². The number of amides is 1. The third-order valence-corrected chi connectivity index (χ3v) is 3.45. The van der Waals surface area contributed by atoms with Crippen molar-refractivity contribution in [2.75, 3.05) is 0 Å². The molecule has 1 aromatic rings. The summed E-state index contributed by atoms with van der Waals surface area (Å²) < 4.78 is 0. The number of para-hydroxylation sites is 1. The van der Waals surface area contributed by atoms with Crippen molar-refractivity contribution in [2.45, 2.75) is 39.2 Å². The fraction of sp³-hybridized carbons (Fsp3) is 0.500. The first-order chi connectivity index (χ1) is 7.98. The highest BCUT2D eigenvalue weighted by atomic mass is 16.3. The van der Waals surface area contributed by atoms with E-state index in [0.717, 1.165) is 19.3 Å². The minimum Gasteiger partial charge on any atom is -0.507 e. The average molecular weight is 233 g/mol. The average Bonchev–Trinajstić information content (AvgIpc) is 2.58. The Morgan fingerprint density at radius 2 is 2.12 bits per heavy atom. The van der Waals surface area contributed by atoms with E-state index in [4.69, 9.17) is 0 Å². The molecule has 0 heterocycles. The van der Waals surface area contributed by atoms with Crippen LogP contribution in [0.2, 0.25) is 0 Å². The Hall–Kier alpha value is -1.51. The monoisotopic (exact) mass is 233 g/mol. The molecule has 1 aliphatic carbocycles. The maximum absolute atomic E-state index is 12.0. The van der Waals surface area contributed by atoms with Crippen LogP contribution in [0.3, 0.4) is 0 Å². The molecule has 1 atom stereocenters. The van der Waals surface area contributed by atoms with Crippen LogP contribution in [0.5, 0.6) is 5.75 Å². The minimum atomic E-state index is -0.175. The van der Waals surface area contributed by atoms with Crippen molar-refractivity contribution in [1.82, 2.24) is 5.32 Å². The van der Waals surface area contributed by atoms with Crippen LogP contribution in [0.25, 0.3) is 0 Å². The highest BCUT2D eigenvalue weighted by molar-refractivity contribution is 5.96. The fourth-order valence-electron chi connectivity index (χ4n) is 2.49. The first kappa shape index (κ1) is 12.0. The van der Waals surface area contributed by atoms with E-state index in [0.29, 0.717) is 11.0 Å².